The highest BCUT2D eigenvalue weighted by Gasteiger charge is 2.16. The van der Waals surface area contributed by atoms with Crippen LogP contribution in [0, 0.1) is 0 Å². The van der Waals surface area contributed by atoms with Gasteiger partial charge in [0.2, 0.25) is 5.91 Å². The van der Waals surface area contributed by atoms with E-state index in [4.69, 9.17) is 15.2 Å². The van der Waals surface area contributed by atoms with Gasteiger partial charge in [-0.05, 0) is 37.0 Å². The predicted molar refractivity (Wildman–Crippen MR) is 118 cm³/mol. The second-order valence-corrected chi connectivity index (χ2v) is 6.43. The molecular weight excluding hydrogens is 459 g/mol. The van der Waals surface area contributed by atoms with E-state index in [1.165, 1.54) is 12.8 Å². The van der Waals surface area contributed by atoms with Crippen LogP contribution in [0.3, 0.4) is 0 Å². The molecule has 7 nitrogen and oxygen atoms in total. The van der Waals surface area contributed by atoms with Crippen LogP contribution in [0.15, 0.2) is 23.2 Å². The van der Waals surface area contributed by atoms with Crippen LogP contribution in [0.25, 0.3) is 0 Å². The van der Waals surface area contributed by atoms with Gasteiger partial charge in [-0.1, -0.05) is 18.9 Å². The van der Waals surface area contributed by atoms with E-state index in [1.54, 1.807) is 14.2 Å². The second-order valence-electron chi connectivity index (χ2n) is 6.43. The maximum Gasteiger partial charge on any atom is 0.222 e. The van der Waals surface area contributed by atoms with Crippen molar-refractivity contribution in [2.45, 2.75) is 44.6 Å². The Morgan fingerprint density at radius 1 is 1.22 bits per heavy atom. The summed E-state index contributed by atoms with van der Waals surface area (Å²) < 4.78 is 10.5. The average Bonchev–Trinajstić information content (AvgIpc) is 3.14. The molecule has 1 saturated carbocycles. The molecule has 4 N–H and O–H groups in total. The van der Waals surface area contributed by atoms with Crippen molar-refractivity contribution < 1.29 is 14.3 Å². The standard InChI is InChI=1S/C19H30N4O3.HI/c1-25-16-8-7-14(13-17(16)26-2)9-11-21-19(20)22-12-10-18(24)23-15-5-3-4-6-15;/h7-8,13,15H,3-6,9-12H2,1-2H3,(H,23,24)(H3,20,21,22);1H. The summed E-state index contributed by atoms with van der Waals surface area (Å²) in [6.07, 6.45) is 5.75. The first-order valence-electron chi connectivity index (χ1n) is 9.16. The minimum absolute atomic E-state index is 0. The number of rotatable bonds is 9. The van der Waals surface area contributed by atoms with Crippen molar-refractivity contribution in [2.24, 2.45) is 10.7 Å². The third kappa shape index (κ3) is 8.23. The molecule has 152 valence electrons. The van der Waals surface area contributed by atoms with Gasteiger partial charge in [-0.3, -0.25) is 9.79 Å². The molecule has 1 fully saturated rings. The summed E-state index contributed by atoms with van der Waals surface area (Å²) in [5.41, 5.74) is 6.96. The lowest BCUT2D eigenvalue weighted by Crippen LogP contribution is -2.35. The first kappa shape index (κ1) is 23.3. The highest BCUT2D eigenvalue weighted by atomic mass is 127. The van der Waals surface area contributed by atoms with Crippen LogP contribution in [0.1, 0.15) is 37.7 Å². The summed E-state index contributed by atoms with van der Waals surface area (Å²) in [5, 5.41) is 6.11. The number of benzene rings is 1. The summed E-state index contributed by atoms with van der Waals surface area (Å²) in [5.74, 6) is 1.83. The van der Waals surface area contributed by atoms with E-state index < -0.39 is 0 Å². The van der Waals surface area contributed by atoms with Crippen molar-refractivity contribution in [1.29, 1.82) is 0 Å². The third-order valence-corrected chi connectivity index (χ3v) is 4.51. The lowest BCUT2D eigenvalue weighted by atomic mass is 10.1. The largest absolute Gasteiger partial charge is 0.493 e. The van der Waals surface area contributed by atoms with Crippen LogP contribution in [0.5, 0.6) is 11.5 Å². The molecule has 1 amide bonds. The summed E-state index contributed by atoms with van der Waals surface area (Å²) in [6, 6.07) is 6.17. The monoisotopic (exact) mass is 490 g/mol. The maximum absolute atomic E-state index is 11.8. The number of methoxy groups -OCH3 is 2. The number of hydrogen-bond acceptors (Lipinski definition) is 4. The van der Waals surface area contributed by atoms with Crippen LogP contribution >= 0.6 is 24.0 Å². The first-order valence-corrected chi connectivity index (χ1v) is 9.16. The number of hydrogen-bond donors (Lipinski definition) is 3. The topological polar surface area (TPSA) is 98.0 Å². The van der Waals surface area contributed by atoms with E-state index in [0.29, 0.717) is 43.0 Å². The Morgan fingerprint density at radius 2 is 1.93 bits per heavy atom. The zero-order valence-corrected chi connectivity index (χ0v) is 18.5. The molecule has 0 spiro atoms. The molecule has 1 aromatic rings. The van der Waals surface area contributed by atoms with Crippen LogP contribution in [0.2, 0.25) is 0 Å². The third-order valence-electron chi connectivity index (χ3n) is 4.51. The number of nitrogens with zero attached hydrogens (tertiary/aromatic N) is 1. The smallest absolute Gasteiger partial charge is 0.222 e. The van der Waals surface area contributed by atoms with Gasteiger partial charge in [-0.25, -0.2) is 0 Å². The number of nitrogens with one attached hydrogen (secondary N) is 2. The molecule has 1 aromatic carbocycles. The molecule has 0 radical (unpaired) electrons. The van der Waals surface area contributed by atoms with Gasteiger partial charge < -0.3 is 25.8 Å². The highest BCUT2D eigenvalue weighted by molar-refractivity contribution is 14.0. The van der Waals surface area contributed by atoms with Gasteiger partial charge in [0.05, 0.1) is 20.8 Å². The summed E-state index contributed by atoms with van der Waals surface area (Å²) >= 11 is 0. The van der Waals surface area contributed by atoms with Gasteiger partial charge in [-0.15, -0.1) is 24.0 Å². The van der Waals surface area contributed by atoms with Gasteiger partial charge in [0.15, 0.2) is 17.5 Å². The maximum atomic E-state index is 11.8. The average molecular weight is 490 g/mol. The molecule has 8 heteroatoms. The molecule has 0 saturated heterocycles. The fraction of sp³-hybridized carbons (Fsp3) is 0.579. The van der Waals surface area contributed by atoms with Crippen LogP contribution < -0.4 is 25.8 Å². The van der Waals surface area contributed by atoms with E-state index in [2.05, 4.69) is 15.6 Å². The Bertz CT molecular complexity index is 619. The molecule has 0 aromatic heterocycles. The lowest BCUT2D eigenvalue weighted by molar-refractivity contribution is -0.121. The van der Waals surface area contributed by atoms with Gasteiger partial charge in [0.1, 0.15) is 0 Å². The van der Waals surface area contributed by atoms with Gasteiger partial charge in [0.25, 0.3) is 0 Å². The van der Waals surface area contributed by atoms with Crippen molar-refractivity contribution in [2.75, 3.05) is 27.3 Å². The van der Waals surface area contributed by atoms with E-state index in [9.17, 15) is 4.79 Å². The summed E-state index contributed by atoms with van der Waals surface area (Å²) in [4.78, 5) is 16.0. The number of nitrogens with two attached hydrogens (primary N) is 1. The van der Waals surface area contributed by atoms with Crippen LogP contribution in [0.4, 0.5) is 0 Å². The normalized spacial score (nSPS) is 14.4. The zero-order chi connectivity index (χ0) is 18.8. The number of halogens is 1. The Kier molecular flexibility index (Phi) is 10.9. The predicted octanol–water partition coefficient (Wildman–Crippen LogP) is 2.22. The number of carbonyl (C=O) groups excluding carboxylic acids is 1. The SMILES string of the molecule is COc1ccc(CCNC(N)=NCCC(=O)NC2CCCC2)cc1OC.I. The van der Waals surface area contributed by atoms with E-state index in [-0.39, 0.29) is 29.9 Å². The molecule has 0 unspecified atom stereocenters. The fourth-order valence-electron chi connectivity index (χ4n) is 3.07. The van der Waals surface area contributed by atoms with Crippen LogP contribution in [-0.2, 0) is 11.2 Å². The molecular formula is C19H31IN4O3. The molecule has 1 aliphatic carbocycles. The van der Waals surface area contributed by atoms with Gasteiger partial charge in [-0.2, -0.15) is 0 Å². The molecule has 1 aliphatic rings. The molecule has 27 heavy (non-hydrogen) atoms. The van der Waals surface area contributed by atoms with Crippen LogP contribution in [-0.4, -0.2) is 45.2 Å². The molecule has 0 aliphatic heterocycles. The number of aliphatic imine (C=N–C) groups is 1. The molecule has 0 atom stereocenters. The number of amides is 1. The van der Waals surface area contributed by atoms with Crippen molar-refractivity contribution >= 4 is 35.8 Å². The lowest BCUT2D eigenvalue weighted by Gasteiger charge is -2.11. The number of guanidine groups is 1. The van der Waals surface area contributed by atoms with Crippen molar-refractivity contribution in [3.05, 3.63) is 23.8 Å². The van der Waals surface area contributed by atoms with Crippen molar-refractivity contribution in [1.82, 2.24) is 10.6 Å². The van der Waals surface area contributed by atoms with E-state index in [0.717, 1.165) is 24.8 Å². The minimum Gasteiger partial charge on any atom is -0.493 e. The Balaban J connectivity index is 0.00000364. The van der Waals surface area contributed by atoms with Crippen molar-refractivity contribution in [3.8, 4) is 11.5 Å². The van der Waals surface area contributed by atoms with Gasteiger partial charge in [0, 0.05) is 19.0 Å². The number of ether oxygens (including phenoxy) is 2. The highest BCUT2D eigenvalue weighted by Crippen LogP contribution is 2.27. The first-order chi connectivity index (χ1) is 12.6. The summed E-state index contributed by atoms with van der Waals surface area (Å²) in [7, 11) is 3.23. The quantitative estimate of drug-likeness (QED) is 0.280. The Morgan fingerprint density at radius 3 is 2.59 bits per heavy atom. The summed E-state index contributed by atoms with van der Waals surface area (Å²) in [6.45, 7) is 1.05. The second kappa shape index (κ2) is 12.6. The van der Waals surface area contributed by atoms with Crippen molar-refractivity contribution in [3.63, 3.8) is 0 Å². The van der Waals surface area contributed by atoms with E-state index in [1.807, 2.05) is 18.2 Å². The molecule has 0 heterocycles. The molecule has 0 bridgehead atoms. The zero-order valence-electron chi connectivity index (χ0n) is 16.1. The molecule has 2 rings (SSSR count). The van der Waals surface area contributed by atoms with Gasteiger partial charge >= 0.3 is 0 Å². The Hall–Kier alpha value is -1.71. The van der Waals surface area contributed by atoms with E-state index >= 15 is 0 Å². The minimum atomic E-state index is 0. The number of carbonyl (C=O) groups is 1. The fourth-order valence-corrected chi connectivity index (χ4v) is 3.07. The Labute approximate surface area is 178 Å².